The van der Waals surface area contributed by atoms with Gasteiger partial charge in [0.05, 0.1) is 0 Å². The van der Waals surface area contributed by atoms with Crippen LogP contribution >= 0.6 is 0 Å². The zero-order valence-electron chi connectivity index (χ0n) is 8.40. The van der Waals surface area contributed by atoms with Crippen molar-refractivity contribution < 1.29 is 9.90 Å². The molecule has 0 saturated carbocycles. The molecule has 0 spiro atoms. The molecule has 0 radical (unpaired) electrons. The average Bonchev–Trinajstić information content (AvgIpc) is 2.14. The van der Waals surface area contributed by atoms with Crippen molar-refractivity contribution >= 4 is 11.8 Å². The zero-order chi connectivity index (χ0) is 10.6. The summed E-state index contributed by atoms with van der Waals surface area (Å²) in [7, 11) is 0. The fourth-order valence-corrected chi connectivity index (χ4v) is 1.22. The van der Waals surface area contributed by atoms with Crippen LogP contribution in [0.4, 0.5) is 5.82 Å². The first kappa shape index (κ1) is 10.5. The molecule has 1 rings (SSSR count). The number of hydrogen-bond acceptors (Lipinski definition) is 3. The molecule has 0 aromatic carbocycles. The van der Waals surface area contributed by atoms with Crippen LogP contribution in [0.3, 0.4) is 0 Å². The highest BCUT2D eigenvalue weighted by molar-refractivity contribution is 5.73. The SMILES string of the molecule is CCN(CC(=O)O)c1cccc(C)n1. The van der Waals surface area contributed by atoms with Gasteiger partial charge in [0.1, 0.15) is 12.4 Å². The number of nitrogens with zero attached hydrogens (tertiary/aromatic N) is 2. The second-order valence-electron chi connectivity index (χ2n) is 3.05. The number of pyridine rings is 1. The van der Waals surface area contributed by atoms with Gasteiger partial charge in [-0.15, -0.1) is 0 Å². The van der Waals surface area contributed by atoms with Crippen LogP contribution in [0.2, 0.25) is 0 Å². The largest absolute Gasteiger partial charge is 0.480 e. The molecule has 4 heteroatoms. The van der Waals surface area contributed by atoms with Gasteiger partial charge in [0.15, 0.2) is 0 Å². The Labute approximate surface area is 83.2 Å². The van der Waals surface area contributed by atoms with E-state index in [1.54, 1.807) is 4.90 Å². The molecule has 0 fully saturated rings. The van der Waals surface area contributed by atoms with Crippen LogP contribution in [-0.2, 0) is 4.79 Å². The minimum Gasteiger partial charge on any atom is -0.480 e. The molecule has 0 amide bonds. The van der Waals surface area contributed by atoms with Gasteiger partial charge in [0.2, 0.25) is 0 Å². The summed E-state index contributed by atoms with van der Waals surface area (Å²) in [4.78, 5) is 16.5. The van der Waals surface area contributed by atoms with Crippen molar-refractivity contribution in [1.29, 1.82) is 0 Å². The molecular formula is C10H14N2O2. The van der Waals surface area contributed by atoms with Gasteiger partial charge in [-0.1, -0.05) is 6.07 Å². The van der Waals surface area contributed by atoms with Gasteiger partial charge in [0.25, 0.3) is 0 Å². The number of aromatic nitrogens is 1. The molecule has 1 aromatic rings. The molecular weight excluding hydrogens is 180 g/mol. The summed E-state index contributed by atoms with van der Waals surface area (Å²) < 4.78 is 0. The fourth-order valence-electron chi connectivity index (χ4n) is 1.22. The van der Waals surface area contributed by atoms with Gasteiger partial charge in [0, 0.05) is 12.2 Å². The summed E-state index contributed by atoms with van der Waals surface area (Å²) in [6, 6.07) is 5.58. The molecule has 0 unspecified atom stereocenters. The van der Waals surface area contributed by atoms with Crippen LogP contribution in [0.1, 0.15) is 12.6 Å². The van der Waals surface area contributed by atoms with Crippen molar-refractivity contribution in [2.24, 2.45) is 0 Å². The molecule has 76 valence electrons. The van der Waals surface area contributed by atoms with Gasteiger partial charge >= 0.3 is 5.97 Å². The van der Waals surface area contributed by atoms with Crippen molar-refractivity contribution in [3.8, 4) is 0 Å². The van der Waals surface area contributed by atoms with Gasteiger partial charge < -0.3 is 10.0 Å². The lowest BCUT2D eigenvalue weighted by molar-refractivity contribution is -0.135. The Kier molecular flexibility index (Phi) is 3.45. The number of aryl methyl sites for hydroxylation is 1. The van der Waals surface area contributed by atoms with Crippen molar-refractivity contribution in [1.82, 2.24) is 4.98 Å². The highest BCUT2D eigenvalue weighted by Crippen LogP contribution is 2.10. The number of carboxylic acid groups (broad SMARTS) is 1. The number of carboxylic acids is 1. The van der Waals surface area contributed by atoms with E-state index < -0.39 is 5.97 Å². The number of hydrogen-bond donors (Lipinski definition) is 1. The van der Waals surface area contributed by atoms with Gasteiger partial charge in [-0.2, -0.15) is 0 Å². The molecule has 0 aliphatic heterocycles. The van der Waals surface area contributed by atoms with E-state index in [1.807, 2.05) is 32.0 Å². The lowest BCUT2D eigenvalue weighted by atomic mass is 10.3. The maximum absolute atomic E-state index is 10.6. The molecule has 0 aliphatic rings. The van der Waals surface area contributed by atoms with E-state index in [0.717, 1.165) is 11.5 Å². The molecule has 1 aromatic heterocycles. The van der Waals surface area contributed by atoms with Crippen LogP contribution in [0.15, 0.2) is 18.2 Å². The van der Waals surface area contributed by atoms with Crippen LogP contribution in [0.25, 0.3) is 0 Å². The number of anilines is 1. The van der Waals surface area contributed by atoms with Crippen LogP contribution < -0.4 is 4.90 Å². The van der Waals surface area contributed by atoms with Crippen LogP contribution in [0, 0.1) is 6.92 Å². The maximum atomic E-state index is 10.6. The van der Waals surface area contributed by atoms with E-state index in [9.17, 15) is 4.79 Å². The lowest BCUT2D eigenvalue weighted by Crippen LogP contribution is -2.30. The Morgan fingerprint density at radius 3 is 2.79 bits per heavy atom. The average molecular weight is 194 g/mol. The Hall–Kier alpha value is -1.58. The monoisotopic (exact) mass is 194 g/mol. The van der Waals surface area contributed by atoms with Crippen molar-refractivity contribution in [3.05, 3.63) is 23.9 Å². The quantitative estimate of drug-likeness (QED) is 0.785. The summed E-state index contributed by atoms with van der Waals surface area (Å²) in [6.45, 7) is 4.43. The molecule has 0 aliphatic carbocycles. The first-order valence-electron chi connectivity index (χ1n) is 4.54. The predicted octanol–water partition coefficient (Wildman–Crippen LogP) is 1.30. The summed E-state index contributed by atoms with van der Waals surface area (Å²) in [5.74, 6) is -0.120. The normalized spacial score (nSPS) is 9.86. The molecule has 4 nitrogen and oxygen atoms in total. The number of likely N-dealkylation sites (N-methyl/N-ethyl adjacent to an activating group) is 1. The third-order valence-electron chi connectivity index (χ3n) is 1.91. The number of aliphatic carboxylic acids is 1. The van der Waals surface area contributed by atoms with Gasteiger partial charge in [-0.05, 0) is 26.0 Å². The zero-order valence-corrected chi connectivity index (χ0v) is 8.40. The molecule has 1 N–H and O–H groups in total. The Balaban J connectivity index is 2.83. The minimum atomic E-state index is -0.838. The van der Waals surface area contributed by atoms with Crippen molar-refractivity contribution in [2.45, 2.75) is 13.8 Å². The minimum absolute atomic E-state index is 0.00699. The molecule has 0 saturated heterocycles. The van der Waals surface area contributed by atoms with E-state index in [4.69, 9.17) is 5.11 Å². The lowest BCUT2D eigenvalue weighted by Gasteiger charge is -2.19. The topological polar surface area (TPSA) is 53.4 Å². The van der Waals surface area contributed by atoms with E-state index >= 15 is 0 Å². The van der Waals surface area contributed by atoms with Crippen molar-refractivity contribution in [3.63, 3.8) is 0 Å². The molecule has 0 atom stereocenters. The number of carbonyl (C=O) groups is 1. The Bertz CT molecular complexity index is 326. The van der Waals surface area contributed by atoms with Gasteiger partial charge in [-0.3, -0.25) is 4.79 Å². The first-order valence-corrected chi connectivity index (χ1v) is 4.54. The van der Waals surface area contributed by atoms with E-state index in [-0.39, 0.29) is 6.54 Å². The predicted molar refractivity (Wildman–Crippen MR) is 54.5 cm³/mol. The van der Waals surface area contributed by atoms with Gasteiger partial charge in [-0.25, -0.2) is 4.98 Å². The maximum Gasteiger partial charge on any atom is 0.323 e. The Morgan fingerprint density at radius 1 is 1.57 bits per heavy atom. The van der Waals surface area contributed by atoms with E-state index in [1.165, 1.54) is 0 Å². The van der Waals surface area contributed by atoms with E-state index in [2.05, 4.69) is 4.98 Å². The van der Waals surface area contributed by atoms with Crippen LogP contribution in [0.5, 0.6) is 0 Å². The highest BCUT2D eigenvalue weighted by Gasteiger charge is 2.09. The summed E-state index contributed by atoms with van der Waals surface area (Å²) >= 11 is 0. The summed E-state index contributed by atoms with van der Waals surface area (Å²) in [5.41, 5.74) is 0.895. The van der Waals surface area contributed by atoms with Crippen LogP contribution in [-0.4, -0.2) is 29.1 Å². The smallest absolute Gasteiger partial charge is 0.323 e. The second kappa shape index (κ2) is 4.60. The third-order valence-corrected chi connectivity index (χ3v) is 1.91. The second-order valence-corrected chi connectivity index (χ2v) is 3.05. The fraction of sp³-hybridized carbons (Fsp3) is 0.400. The number of rotatable bonds is 4. The summed E-state index contributed by atoms with van der Waals surface area (Å²) in [6.07, 6.45) is 0. The highest BCUT2D eigenvalue weighted by atomic mass is 16.4. The first-order chi connectivity index (χ1) is 6.63. The molecule has 1 heterocycles. The van der Waals surface area contributed by atoms with E-state index in [0.29, 0.717) is 6.54 Å². The van der Waals surface area contributed by atoms with Crippen molar-refractivity contribution in [2.75, 3.05) is 18.0 Å². The Morgan fingerprint density at radius 2 is 2.29 bits per heavy atom. The molecule has 14 heavy (non-hydrogen) atoms. The third kappa shape index (κ3) is 2.73. The summed E-state index contributed by atoms with van der Waals surface area (Å²) in [5, 5.41) is 8.68. The molecule has 0 bridgehead atoms. The standard InChI is InChI=1S/C10H14N2O2/c1-3-12(7-10(13)14)9-6-4-5-8(2)11-9/h4-6H,3,7H2,1-2H3,(H,13,14).